The Labute approximate surface area is 111 Å². The topological polar surface area (TPSA) is 88.2 Å². The summed E-state index contributed by atoms with van der Waals surface area (Å²) in [7, 11) is 0. The van der Waals surface area contributed by atoms with Crippen molar-refractivity contribution in [3.63, 3.8) is 0 Å². The molecule has 1 fully saturated rings. The van der Waals surface area contributed by atoms with E-state index in [0.29, 0.717) is 12.3 Å². The minimum Gasteiger partial charge on any atom is -0.382 e. The normalized spacial score (nSPS) is 22.5. The van der Waals surface area contributed by atoms with Crippen molar-refractivity contribution >= 4 is 11.4 Å². The smallest absolute Gasteiger partial charge is 0.289 e. The Kier molecular flexibility index (Phi) is 3.97. The molecule has 6 nitrogen and oxygen atoms in total. The van der Waals surface area contributed by atoms with E-state index in [2.05, 4.69) is 5.32 Å². The zero-order valence-corrected chi connectivity index (χ0v) is 10.6. The van der Waals surface area contributed by atoms with Crippen LogP contribution in [0.2, 0.25) is 0 Å². The molecule has 1 aromatic carbocycles. The molecule has 0 spiro atoms. The van der Waals surface area contributed by atoms with Crippen molar-refractivity contribution in [1.82, 2.24) is 0 Å². The van der Waals surface area contributed by atoms with Gasteiger partial charge in [0.2, 0.25) is 0 Å². The van der Waals surface area contributed by atoms with E-state index in [1.807, 2.05) is 13.0 Å². The maximum absolute atomic E-state index is 10.9. The second-order valence-electron chi connectivity index (χ2n) is 4.65. The Balaban J connectivity index is 2.15. The summed E-state index contributed by atoms with van der Waals surface area (Å²) < 4.78 is 5.45. The first-order valence-electron chi connectivity index (χ1n) is 6.17. The van der Waals surface area contributed by atoms with E-state index in [-0.39, 0.29) is 23.4 Å². The molecule has 0 saturated carbocycles. The highest BCUT2D eigenvalue weighted by atomic mass is 16.6. The highest BCUT2D eigenvalue weighted by Crippen LogP contribution is 2.25. The summed E-state index contributed by atoms with van der Waals surface area (Å²) >= 11 is 0. The largest absolute Gasteiger partial charge is 0.382 e. The number of hydrogen-bond donors (Lipinski definition) is 1. The van der Waals surface area contributed by atoms with Gasteiger partial charge in [-0.3, -0.25) is 10.1 Å². The van der Waals surface area contributed by atoms with Crippen LogP contribution in [0.1, 0.15) is 25.3 Å². The van der Waals surface area contributed by atoms with Crippen molar-refractivity contribution in [1.29, 1.82) is 5.26 Å². The molecule has 1 aliphatic rings. The van der Waals surface area contributed by atoms with Crippen LogP contribution in [0.3, 0.4) is 0 Å². The average Bonchev–Trinajstić information content (AvgIpc) is 2.38. The van der Waals surface area contributed by atoms with Crippen LogP contribution in [-0.4, -0.2) is 23.7 Å². The number of nitrogens with one attached hydrogen (secondary N) is 1. The zero-order chi connectivity index (χ0) is 13.8. The van der Waals surface area contributed by atoms with Gasteiger partial charge in [-0.1, -0.05) is 0 Å². The van der Waals surface area contributed by atoms with Crippen LogP contribution in [0.4, 0.5) is 11.4 Å². The molecule has 0 amide bonds. The van der Waals surface area contributed by atoms with Crippen LogP contribution in [0.25, 0.3) is 0 Å². The predicted octanol–water partition coefficient (Wildman–Crippen LogP) is 2.45. The van der Waals surface area contributed by atoms with Gasteiger partial charge in [-0.15, -0.1) is 0 Å². The standard InChI is InChI=1S/C13H15N3O3/c1-9-6-12(4-5-19-9)15-11-3-2-10(8-14)13(7-11)16(17)18/h2-3,7,9,12,15H,4-6H2,1H3. The predicted molar refractivity (Wildman–Crippen MR) is 69.9 cm³/mol. The van der Waals surface area contributed by atoms with E-state index < -0.39 is 4.92 Å². The maximum atomic E-state index is 10.9. The fraction of sp³-hybridized carbons (Fsp3) is 0.462. The van der Waals surface area contributed by atoms with Crippen molar-refractivity contribution < 1.29 is 9.66 Å². The lowest BCUT2D eigenvalue weighted by Crippen LogP contribution is -2.32. The summed E-state index contributed by atoms with van der Waals surface area (Å²) in [6, 6.07) is 6.66. The molecule has 1 heterocycles. The number of nitro benzene ring substituents is 1. The van der Waals surface area contributed by atoms with Gasteiger partial charge in [0.05, 0.1) is 11.0 Å². The van der Waals surface area contributed by atoms with Gasteiger partial charge in [0.25, 0.3) is 5.69 Å². The number of rotatable bonds is 3. The number of ether oxygens (including phenoxy) is 1. The first kappa shape index (κ1) is 13.3. The van der Waals surface area contributed by atoms with E-state index in [0.717, 1.165) is 12.8 Å². The molecule has 1 saturated heterocycles. The molecule has 2 rings (SSSR count). The minimum absolute atomic E-state index is 0.0795. The number of nitro groups is 1. The maximum Gasteiger partial charge on any atom is 0.289 e. The van der Waals surface area contributed by atoms with Gasteiger partial charge < -0.3 is 10.1 Å². The second-order valence-corrected chi connectivity index (χ2v) is 4.65. The molecular formula is C13H15N3O3. The Hall–Kier alpha value is -2.13. The molecular weight excluding hydrogens is 246 g/mol. The van der Waals surface area contributed by atoms with Crippen LogP contribution in [-0.2, 0) is 4.74 Å². The molecule has 2 atom stereocenters. The van der Waals surface area contributed by atoms with Gasteiger partial charge in [-0.05, 0) is 31.9 Å². The Morgan fingerprint density at radius 3 is 3.00 bits per heavy atom. The molecule has 1 aliphatic heterocycles. The van der Waals surface area contributed by atoms with Crippen LogP contribution in [0.15, 0.2) is 18.2 Å². The van der Waals surface area contributed by atoms with Crippen LogP contribution >= 0.6 is 0 Å². The fourth-order valence-corrected chi connectivity index (χ4v) is 2.23. The van der Waals surface area contributed by atoms with Gasteiger partial charge in [0.1, 0.15) is 11.6 Å². The summed E-state index contributed by atoms with van der Waals surface area (Å²) in [5.74, 6) is 0. The molecule has 0 aliphatic carbocycles. The summed E-state index contributed by atoms with van der Waals surface area (Å²) in [6.45, 7) is 2.70. The average molecular weight is 261 g/mol. The SMILES string of the molecule is CC1CC(Nc2ccc(C#N)c([N+](=O)[O-])c2)CCO1. The summed E-state index contributed by atoms with van der Waals surface area (Å²) in [5.41, 5.74) is 0.591. The lowest BCUT2D eigenvalue weighted by molar-refractivity contribution is -0.385. The number of nitriles is 1. The summed E-state index contributed by atoms with van der Waals surface area (Å²) in [6.07, 6.45) is 1.94. The number of benzene rings is 1. The highest BCUT2D eigenvalue weighted by Gasteiger charge is 2.20. The lowest BCUT2D eigenvalue weighted by atomic mass is 10.0. The van der Waals surface area contributed by atoms with Gasteiger partial charge in [0.15, 0.2) is 0 Å². The van der Waals surface area contributed by atoms with E-state index in [1.54, 1.807) is 6.07 Å². The van der Waals surface area contributed by atoms with Crippen LogP contribution in [0.5, 0.6) is 0 Å². The van der Waals surface area contributed by atoms with Crippen molar-refractivity contribution in [3.05, 3.63) is 33.9 Å². The second kappa shape index (κ2) is 5.67. The molecule has 0 bridgehead atoms. The number of hydrogen-bond acceptors (Lipinski definition) is 5. The lowest BCUT2D eigenvalue weighted by Gasteiger charge is -2.28. The third kappa shape index (κ3) is 3.20. The molecule has 0 radical (unpaired) electrons. The third-order valence-corrected chi connectivity index (χ3v) is 3.17. The highest BCUT2D eigenvalue weighted by molar-refractivity contribution is 5.59. The quantitative estimate of drug-likeness (QED) is 0.666. The Bertz CT molecular complexity index is 524. The van der Waals surface area contributed by atoms with Gasteiger partial charge in [-0.2, -0.15) is 5.26 Å². The monoisotopic (exact) mass is 261 g/mol. The van der Waals surface area contributed by atoms with Crippen molar-refractivity contribution in [2.75, 3.05) is 11.9 Å². The van der Waals surface area contributed by atoms with E-state index in [4.69, 9.17) is 10.00 Å². The van der Waals surface area contributed by atoms with Gasteiger partial charge in [-0.25, -0.2) is 0 Å². The summed E-state index contributed by atoms with van der Waals surface area (Å²) in [4.78, 5) is 10.4. The molecule has 1 N–H and O–H groups in total. The fourth-order valence-electron chi connectivity index (χ4n) is 2.23. The number of anilines is 1. The first-order valence-corrected chi connectivity index (χ1v) is 6.17. The Morgan fingerprint density at radius 1 is 1.58 bits per heavy atom. The van der Waals surface area contributed by atoms with Gasteiger partial charge in [0, 0.05) is 24.4 Å². The van der Waals surface area contributed by atoms with Crippen molar-refractivity contribution in [3.8, 4) is 6.07 Å². The van der Waals surface area contributed by atoms with E-state index in [1.165, 1.54) is 12.1 Å². The van der Waals surface area contributed by atoms with Crippen LogP contribution < -0.4 is 5.32 Å². The van der Waals surface area contributed by atoms with Crippen LogP contribution in [0, 0.1) is 21.4 Å². The van der Waals surface area contributed by atoms with Gasteiger partial charge >= 0.3 is 0 Å². The van der Waals surface area contributed by atoms with E-state index >= 15 is 0 Å². The zero-order valence-electron chi connectivity index (χ0n) is 10.6. The molecule has 0 aromatic heterocycles. The minimum atomic E-state index is -0.531. The molecule has 2 unspecified atom stereocenters. The molecule has 6 heteroatoms. The molecule has 100 valence electrons. The Morgan fingerprint density at radius 2 is 2.37 bits per heavy atom. The third-order valence-electron chi connectivity index (χ3n) is 3.17. The molecule has 19 heavy (non-hydrogen) atoms. The summed E-state index contributed by atoms with van der Waals surface area (Å²) in [5, 5.41) is 23.0. The number of nitrogens with zero attached hydrogens (tertiary/aromatic N) is 2. The first-order chi connectivity index (χ1) is 9.10. The van der Waals surface area contributed by atoms with Crippen molar-refractivity contribution in [2.45, 2.75) is 31.9 Å². The van der Waals surface area contributed by atoms with E-state index in [9.17, 15) is 10.1 Å². The van der Waals surface area contributed by atoms with Crippen molar-refractivity contribution in [2.24, 2.45) is 0 Å². The molecule has 1 aromatic rings.